The van der Waals surface area contributed by atoms with Crippen molar-refractivity contribution in [3.63, 3.8) is 0 Å². The molecule has 0 bridgehead atoms. The lowest BCUT2D eigenvalue weighted by Crippen LogP contribution is -2.00. The maximum Gasteiger partial charge on any atom is 0.164 e. The third-order valence-electron chi connectivity index (χ3n) is 12.3. The fourth-order valence-electron chi connectivity index (χ4n) is 9.55. The molecule has 0 unspecified atom stereocenters. The molecule has 4 heterocycles. The first-order chi connectivity index (χ1) is 31.2. The Kier molecular flexibility index (Phi) is 7.80. The standard InChI is InChI=1S/C57H35N5O/c1-4-16-36(17-5-1)55-58-56(37-18-6-2-7-19-37)60-57(59-55)40-22-14-20-38(34-40)39-21-15-25-42(35-39)61-47-28-12-10-27-45(47)51-48(61)33-31-46-52-49(62(53(46)51)41-23-8-3-9-24-41)32-30-44-43-26-11-13-29-50(43)63-54(44)52/h1-35H. The molecule has 294 valence electrons. The summed E-state index contributed by atoms with van der Waals surface area (Å²) in [6.07, 6.45) is 0. The van der Waals surface area contributed by atoms with Crippen LogP contribution in [-0.4, -0.2) is 24.1 Å². The zero-order valence-corrected chi connectivity index (χ0v) is 33.9. The highest BCUT2D eigenvalue weighted by Gasteiger charge is 2.24. The number of fused-ring (bicyclic) bond motifs is 11. The van der Waals surface area contributed by atoms with Crippen LogP contribution in [0.4, 0.5) is 0 Å². The summed E-state index contributed by atoms with van der Waals surface area (Å²) in [6.45, 7) is 0. The Hall–Kier alpha value is -8.61. The van der Waals surface area contributed by atoms with Crippen LogP contribution in [0.25, 0.3) is 122 Å². The van der Waals surface area contributed by atoms with Crippen molar-refractivity contribution in [2.24, 2.45) is 0 Å². The van der Waals surface area contributed by atoms with Gasteiger partial charge in [0.25, 0.3) is 0 Å². The van der Waals surface area contributed by atoms with E-state index in [0.29, 0.717) is 17.5 Å². The van der Waals surface area contributed by atoms with E-state index in [0.717, 1.165) is 94.0 Å². The first kappa shape index (κ1) is 35.2. The van der Waals surface area contributed by atoms with Gasteiger partial charge in [0.05, 0.1) is 27.5 Å². The normalized spacial score (nSPS) is 11.8. The molecule has 0 spiro atoms. The summed E-state index contributed by atoms with van der Waals surface area (Å²) < 4.78 is 11.5. The summed E-state index contributed by atoms with van der Waals surface area (Å²) in [5.41, 5.74) is 13.5. The van der Waals surface area contributed by atoms with E-state index in [1.807, 2.05) is 66.7 Å². The number of aromatic nitrogens is 5. The molecule has 0 aliphatic heterocycles. The molecule has 4 aromatic heterocycles. The molecule has 0 aliphatic carbocycles. The van der Waals surface area contributed by atoms with Crippen molar-refractivity contribution >= 4 is 65.6 Å². The van der Waals surface area contributed by atoms with Gasteiger partial charge in [-0.2, -0.15) is 0 Å². The van der Waals surface area contributed by atoms with Gasteiger partial charge in [-0.05, 0) is 77.9 Å². The maximum absolute atomic E-state index is 6.71. The fraction of sp³-hybridized carbons (Fsp3) is 0. The number of nitrogens with zero attached hydrogens (tertiary/aromatic N) is 5. The van der Waals surface area contributed by atoms with Gasteiger partial charge in [0.15, 0.2) is 17.5 Å². The summed E-state index contributed by atoms with van der Waals surface area (Å²) >= 11 is 0. The van der Waals surface area contributed by atoms with Crippen LogP contribution in [0.3, 0.4) is 0 Å². The van der Waals surface area contributed by atoms with Crippen LogP contribution in [0.1, 0.15) is 0 Å². The summed E-state index contributed by atoms with van der Waals surface area (Å²) in [5, 5.41) is 6.90. The van der Waals surface area contributed by atoms with Crippen LogP contribution in [0, 0.1) is 0 Å². The Morgan fingerprint density at radius 3 is 1.57 bits per heavy atom. The third-order valence-corrected chi connectivity index (χ3v) is 12.3. The molecular weight excluding hydrogens is 771 g/mol. The van der Waals surface area contributed by atoms with E-state index in [9.17, 15) is 0 Å². The molecule has 63 heavy (non-hydrogen) atoms. The minimum absolute atomic E-state index is 0.626. The van der Waals surface area contributed by atoms with E-state index < -0.39 is 0 Å². The molecule has 0 amide bonds. The van der Waals surface area contributed by atoms with Crippen LogP contribution in [0.5, 0.6) is 0 Å². The lowest BCUT2D eigenvalue weighted by molar-refractivity contribution is 0.673. The molecule has 9 aromatic carbocycles. The summed E-state index contributed by atoms with van der Waals surface area (Å²) in [5.74, 6) is 1.90. The van der Waals surface area contributed by atoms with Crippen molar-refractivity contribution in [2.75, 3.05) is 0 Å². The molecule has 13 rings (SSSR count). The predicted octanol–water partition coefficient (Wildman–Crippen LogP) is 14.6. The van der Waals surface area contributed by atoms with E-state index in [2.05, 4.69) is 155 Å². The second-order valence-electron chi connectivity index (χ2n) is 16.0. The first-order valence-corrected chi connectivity index (χ1v) is 21.2. The van der Waals surface area contributed by atoms with E-state index in [-0.39, 0.29) is 0 Å². The van der Waals surface area contributed by atoms with Crippen LogP contribution in [0.2, 0.25) is 0 Å². The van der Waals surface area contributed by atoms with Crippen LogP contribution in [-0.2, 0) is 0 Å². The van der Waals surface area contributed by atoms with Gasteiger partial charge in [-0.25, -0.2) is 15.0 Å². The van der Waals surface area contributed by atoms with Crippen LogP contribution in [0.15, 0.2) is 217 Å². The van der Waals surface area contributed by atoms with E-state index in [4.69, 9.17) is 19.4 Å². The Labute approximate surface area is 361 Å². The van der Waals surface area contributed by atoms with E-state index in [1.54, 1.807) is 0 Å². The Balaban J connectivity index is 1.01. The highest BCUT2D eigenvalue weighted by Crippen LogP contribution is 2.45. The summed E-state index contributed by atoms with van der Waals surface area (Å²) in [6, 6.07) is 74.4. The molecule has 0 fully saturated rings. The quantitative estimate of drug-likeness (QED) is 0.168. The number of hydrogen-bond acceptors (Lipinski definition) is 4. The van der Waals surface area contributed by atoms with Crippen LogP contribution >= 0.6 is 0 Å². The van der Waals surface area contributed by atoms with Gasteiger partial charge in [-0.1, -0.05) is 146 Å². The Morgan fingerprint density at radius 2 is 0.841 bits per heavy atom. The SMILES string of the molecule is c1ccc(-c2nc(-c3ccccc3)nc(-c3cccc(-c4cccc(-n5c6ccccc6c6c5ccc5c7c8oc9ccccc9c8ccc7n(-c7ccccc7)c56)c4)c3)n2)cc1. The van der Waals surface area contributed by atoms with Crippen molar-refractivity contribution in [3.05, 3.63) is 212 Å². The largest absolute Gasteiger partial charge is 0.455 e. The zero-order chi connectivity index (χ0) is 41.4. The molecule has 0 saturated carbocycles. The van der Waals surface area contributed by atoms with Crippen molar-refractivity contribution in [1.82, 2.24) is 24.1 Å². The lowest BCUT2D eigenvalue weighted by Gasteiger charge is -2.12. The molecule has 6 heteroatoms. The zero-order valence-electron chi connectivity index (χ0n) is 33.9. The number of para-hydroxylation sites is 3. The van der Waals surface area contributed by atoms with Gasteiger partial charge in [-0.3, -0.25) is 0 Å². The van der Waals surface area contributed by atoms with Crippen LogP contribution < -0.4 is 0 Å². The van der Waals surface area contributed by atoms with E-state index in [1.165, 1.54) is 10.8 Å². The lowest BCUT2D eigenvalue weighted by atomic mass is 10.0. The topological polar surface area (TPSA) is 61.7 Å². The number of furan rings is 1. The average molecular weight is 806 g/mol. The maximum atomic E-state index is 6.71. The van der Waals surface area contributed by atoms with Gasteiger partial charge < -0.3 is 13.6 Å². The smallest absolute Gasteiger partial charge is 0.164 e. The molecular formula is C57H35N5O. The summed E-state index contributed by atoms with van der Waals surface area (Å²) in [7, 11) is 0. The average Bonchev–Trinajstić information content (AvgIpc) is 4.02. The van der Waals surface area contributed by atoms with E-state index >= 15 is 0 Å². The highest BCUT2D eigenvalue weighted by atomic mass is 16.3. The highest BCUT2D eigenvalue weighted by molar-refractivity contribution is 6.31. The Morgan fingerprint density at radius 1 is 0.317 bits per heavy atom. The molecule has 0 radical (unpaired) electrons. The van der Waals surface area contributed by atoms with Gasteiger partial charge >= 0.3 is 0 Å². The fourth-order valence-corrected chi connectivity index (χ4v) is 9.55. The minimum Gasteiger partial charge on any atom is -0.455 e. The molecule has 6 nitrogen and oxygen atoms in total. The van der Waals surface area contributed by atoms with Gasteiger partial charge in [0.2, 0.25) is 0 Å². The van der Waals surface area contributed by atoms with Crippen molar-refractivity contribution in [1.29, 1.82) is 0 Å². The van der Waals surface area contributed by atoms with Crippen molar-refractivity contribution < 1.29 is 4.42 Å². The van der Waals surface area contributed by atoms with Gasteiger partial charge in [0.1, 0.15) is 11.2 Å². The minimum atomic E-state index is 0.626. The monoisotopic (exact) mass is 805 g/mol. The van der Waals surface area contributed by atoms with Gasteiger partial charge in [0, 0.05) is 55.0 Å². The molecule has 0 saturated heterocycles. The number of benzene rings is 9. The summed E-state index contributed by atoms with van der Waals surface area (Å²) in [4.78, 5) is 15.0. The first-order valence-electron chi connectivity index (χ1n) is 21.2. The molecule has 0 aliphatic rings. The van der Waals surface area contributed by atoms with Gasteiger partial charge in [-0.15, -0.1) is 0 Å². The second-order valence-corrected chi connectivity index (χ2v) is 16.0. The number of hydrogen-bond donors (Lipinski definition) is 0. The van der Waals surface area contributed by atoms with Crippen molar-refractivity contribution in [3.8, 4) is 56.7 Å². The molecule has 13 aromatic rings. The third kappa shape index (κ3) is 5.55. The molecule has 0 N–H and O–H groups in total. The number of rotatable bonds is 6. The Bertz CT molecular complexity index is 3850. The predicted molar refractivity (Wildman–Crippen MR) is 258 cm³/mol. The second kappa shape index (κ2) is 14.0. The van der Waals surface area contributed by atoms with Crippen molar-refractivity contribution in [2.45, 2.75) is 0 Å². The molecule has 0 atom stereocenters.